The summed E-state index contributed by atoms with van der Waals surface area (Å²) in [5, 5.41) is 15.2. The number of ether oxygens (including phenoxy) is 1. The summed E-state index contributed by atoms with van der Waals surface area (Å²) in [6, 6.07) is 16.5. The number of carbonyl (C=O) groups excluding carboxylic acids is 2. The van der Waals surface area contributed by atoms with E-state index in [1.54, 1.807) is 0 Å². The van der Waals surface area contributed by atoms with Gasteiger partial charge < -0.3 is 20.5 Å². The Balaban J connectivity index is 1.10. The molecule has 7 nitrogen and oxygen atoms in total. The monoisotopic (exact) mass is 476 g/mol. The molecule has 3 aliphatic carbocycles. The molecular weight excluding hydrogens is 444 g/mol. The van der Waals surface area contributed by atoms with Crippen molar-refractivity contribution in [1.82, 2.24) is 10.6 Å². The lowest BCUT2D eigenvalue weighted by atomic mass is 9.73. The van der Waals surface area contributed by atoms with Gasteiger partial charge in [-0.25, -0.2) is 4.79 Å². The van der Waals surface area contributed by atoms with Crippen molar-refractivity contribution in [2.75, 3.05) is 6.61 Å². The minimum absolute atomic E-state index is 0.0164. The van der Waals surface area contributed by atoms with Gasteiger partial charge in [0.25, 0.3) is 0 Å². The molecule has 2 amide bonds. The van der Waals surface area contributed by atoms with Crippen LogP contribution in [-0.4, -0.2) is 41.3 Å². The second kappa shape index (κ2) is 9.72. The van der Waals surface area contributed by atoms with Gasteiger partial charge in [0.05, 0.1) is 12.0 Å². The largest absolute Gasteiger partial charge is 0.481 e. The minimum Gasteiger partial charge on any atom is -0.481 e. The van der Waals surface area contributed by atoms with E-state index in [4.69, 9.17) is 9.84 Å². The molecule has 35 heavy (non-hydrogen) atoms. The number of hydrogen-bond donors (Lipinski definition) is 3. The molecule has 5 rings (SSSR count). The van der Waals surface area contributed by atoms with E-state index in [0.717, 1.165) is 19.3 Å². The molecule has 0 saturated heterocycles. The highest BCUT2D eigenvalue weighted by atomic mass is 16.5. The van der Waals surface area contributed by atoms with Gasteiger partial charge in [-0.05, 0) is 67.2 Å². The van der Waals surface area contributed by atoms with Crippen LogP contribution in [0.5, 0.6) is 0 Å². The molecule has 0 bridgehead atoms. The number of nitrogens with one attached hydrogen (secondary N) is 2. The van der Waals surface area contributed by atoms with E-state index in [-0.39, 0.29) is 36.8 Å². The first-order chi connectivity index (χ1) is 16.9. The number of hydrogen-bond acceptors (Lipinski definition) is 4. The fourth-order valence-electron chi connectivity index (χ4n) is 5.91. The van der Waals surface area contributed by atoms with E-state index in [1.807, 2.05) is 24.3 Å². The van der Waals surface area contributed by atoms with Gasteiger partial charge in [-0.15, -0.1) is 0 Å². The number of benzene rings is 2. The van der Waals surface area contributed by atoms with Crippen LogP contribution in [-0.2, 0) is 14.3 Å². The van der Waals surface area contributed by atoms with Crippen molar-refractivity contribution < 1.29 is 24.2 Å². The zero-order valence-corrected chi connectivity index (χ0v) is 19.8. The summed E-state index contributed by atoms with van der Waals surface area (Å²) in [5.41, 5.74) is 4.18. The predicted octanol–water partition coefficient (Wildman–Crippen LogP) is 4.60. The van der Waals surface area contributed by atoms with Crippen LogP contribution in [0.4, 0.5) is 4.79 Å². The predicted molar refractivity (Wildman–Crippen MR) is 131 cm³/mol. The van der Waals surface area contributed by atoms with Crippen molar-refractivity contribution in [2.45, 2.75) is 68.9 Å². The first-order valence-corrected chi connectivity index (χ1v) is 12.6. The molecule has 3 aliphatic rings. The Morgan fingerprint density at radius 3 is 2.06 bits per heavy atom. The first-order valence-electron chi connectivity index (χ1n) is 12.6. The smallest absolute Gasteiger partial charge is 0.407 e. The molecule has 3 N–H and O–H groups in total. The average Bonchev–Trinajstić information content (AvgIpc) is 3.15. The van der Waals surface area contributed by atoms with Crippen LogP contribution in [0.25, 0.3) is 11.1 Å². The highest BCUT2D eigenvalue weighted by Gasteiger charge is 2.42. The maximum absolute atomic E-state index is 12.8. The molecule has 0 radical (unpaired) electrons. The Kier molecular flexibility index (Phi) is 6.50. The molecule has 0 spiro atoms. The van der Waals surface area contributed by atoms with E-state index < -0.39 is 17.6 Å². The molecule has 0 aromatic heterocycles. The zero-order chi connectivity index (χ0) is 24.4. The lowest BCUT2D eigenvalue weighted by Gasteiger charge is -2.42. The van der Waals surface area contributed by atoms with Crippen LogP contribution in [0.1, 0.15) is 68.4 Å². The summed E-state index contributed by atoms with van der Waals surface area (Å²) in [6.45, 7) is 0.281. The molecule has 2 fully saturated rings. The Morgan fingerprint density at radius 2 is 1.51 bits per heavy atom. The summed E-state index contributed by atoms with van der Waals surface area (Å²) in [6.07, 6.45) is 4.71. The number of carboxylic acid groups (broad SMARTS) is 1. The fourth-order valence-corrected chi connectivity index (χ4v) is 5.91. The van der Waals surface area contributed by atoms with Crippen molar-refractivity contribution in [3.63, 3.8) is 0 Å². The third kappa shape index (κ3) is 4.90. The van der Waals surface area contributed by atoms with Gasteiger partial charge in [-0.1, -0.05) is 48.5 Å². The van der Waals surface area contributed by atoms with Gasteiger partial charge in [0.1, 0.15) is 6.61 Å². The van der Waals surface area contributed by atoms with E-state index in [9.17, 15) is 14.4 Å². The quantitative estimate of drug-likeness (QED) is 0.542. The van der Waals surface area contributed by atoms with Crippen LogP contribution in [0.15, 0.2) is 48.5 Å². The Labute approximate surface area is 205 Å². The van der Waals surface area contributed by atoms with Crippen molar-refractivity contribution in [2.24, 2.45) is 5.92 Å². The molecule has 0 unspecified atom stereocenters. The summed E-state index contributed by atoms with van der Waals surface area (Å²) < 4.78 is 5.66. The van der Waals surface area contributed by atoms with Crippen LogP contribution in [0.3, 0.4) is 0 Å². The van der Waals surface area contributed by atoms with Gasteiger partial charge >= 0.3 is 12.1 Å². The Hall–Kier alpha value is -3.35. The topological polar surface area (TPSA) is 105 Å². The van der Waals surface area contributed by atoms with Crippen LogP contribution in [0.2, 0.25) is 0 Å². The molecule has 2 aromatic rings. The normalized spacial score (nSPS) is 22.3. The second-order valence-electron chi connectivity index (χ2n) is 10.2. The maximum Gasteiger partial charge on any atom is 0.407 e. The van der Waals surface area contributed by atoms with E-state index in [1.165, 1.54) is 22.3 Å². The Morgan fingerprint density at radius 1 is 0.914 bits per heavy atom. The summed E-state index contributed by atoms with van der Waals surface area (Å²) in [4.78, 5) is 36.5. The lowest BCUT2D eigenvalue weighted by molar-refractivity contribution is -0.141. The third-order valence-corrected chi connectivity index (χ3v) is 7.95. The van der Waals surface area contributed by atoms with Gasteiger partial charge in [-0.3, -0.25) is 9.59 Å². The molecule has 7 heteroatoms. The molecule has 0 atom stereocenters. The standard InChI is InChI=1S/C28H32N2O5/c31-25(32)16-28(14-5-15-28)30-26(33)18-10-12-19(13-11-18)29-27(34)35-17-24-22-8-3-1-6-20(22)21-7-2-4-9-23(21)24/h1-4,6-9,18-19,24H,5,10-17H2,(H,29,34)(H,30,33)(H,31,32). The highest BCUT2D eigenvalue weighted by Crippen LogP contribution is 2.44. The van der Waals surface area contributed by atoms with Crippen LogP contribution < -0.4 is 10.6 Å². The van der Waals surface area contributed by atoms with E-state index in [2.05, 4.69) is 34.9 Å². The number of amides is 2. The number of carbonyl (C=O) groups is 3. The second-order valence-corrected chi connectivity index (χ2v) is 10.2. The molecule has 0 aliphatic heterocycles. The summed E-state index contributed by atoms with van der Waals surface area (Å²) in [7, 11) is 0. The van der Waals surface area contributed by atoms with Gasteiger partial charge in [0.2, 0.25) is 5.91 Å². The summed E-state index contributed by atoms with van der Waals surface area (Å²) >= 11 is 0. The Bertz CT molecular complexity index is 1070. The molecular formula is C28H32N2O5. The third-order valence-electron chi connectivity index (χ3n) is 7.95. The fraction of sp³-hybridized carbons (Fsp3) is 0.464. The SMILES string of the molecule is O=C(O)CC1(NC(=O)C2CCC(NC(=O)OCC3c4ccccc4-c4ccccc43)CC2)CCC1. The molecule has 184 valence electrons. The van der Waals surface area contributed by atoms with E-state index in [0.29, 0.717) is 25.7 Å². The zero-order valence-electron chi connectivity index (χ0n) is 19.8. The minimum atomic E-state index is -0.874. The van der Waals surface area contributed by atoms with Gasteiger partial charge in [-0.2, -0.15) is 0 Å². The van der Waals surface area contributed by atoms with Gasteiger partial charge in [0.15, 0.2) is 0 Å². The lowest BCUT2D eigenvalue weighted by Crippen LogP contribution is -2.56. The number of alkyl carbamates (subject to hydrolysis) is 1. The van der Waals surface area contributed by atoms with Crippen molar-refractivity contribution in [3.05, 3.63) is 59.7 Å². The number of aliphatic carboxylic acids is 1. The van der Waals surface area contributed by atoms with Crippen molar-refractivity contribution >= 4 is 18.0 Å². The summed E-state index contributed by atoms with van der Waals surface area (Å²) in [5.74, 6) is -1.04. The van der Waals surface area contributed by atoms with Crippen molar-refractivity contribution in [1.29, 1.82) is 0 Å². The number of carboxylic acids is 1. The van der Waals surface area contributed by atoms with Crippen LogP contribution in [0, 0.1) is 5.92 Å². The number of rotatable bonds is 7. The molecule has 2 aromatic carbocycles. The average molecular weight is 477 g/mol. The van der Waals surface area contributed by atoms with Crippen LogP contribution >= 0.6 is 0 Å². The highest BCUT2D eigenvalue weighted by molar-refractivity contribution is 5.81. The first kappa shape index (κ1) is 23.4. The maximum atomic E-state index is 12.8. The molecule has 2 saturated carbocycles. The van der Waals surface area contributed by atoms with Gasteiger partial charge in [0, 0.05) is 17.9 Å². The number of fused-ring (bicyclic) bond motifs is 3. The van der Waals surface area contributed by atoms with Crippen molar-refractivity contribution in [3.8, 4) is 11.1 Å². The van der Waals surface area contributed by atoms with E-state index >= 15 is 0 Å². The molecule has 0 heterocycles.